The minimum atomic E-state index is -0.932. The van der Waals surface area contributed by atoms with E-state index < -0.39 is 5.54 Å². The van der Waals surface area contributed by atoms with Crippen LogP contribution in [-0.2, 0) is 4.79 Å². The van der Waals surface area contributed by atoms with E-state index in [2.05, 4.69) is 5.32 Å². The summed E-state index contributed by atoms with van der Waals surface area (Å²) in [5, 5.41) is 2.79. The molecule has 0 spiro atoms. The van der Waals surface area contributed by atoms with Crippen molar-refractivity contribution in [3.63, 3.8) is 0 Å². The summed E-state index contributed by atoms with van der Waals surface area (Å²) in [6.45, 7) is 1.69. The maximum absolute atomic E-state index is 11.6. The number of hydrogen-bond donors (Lipinski definition) is 2. The minimum Gasteiger partial charge on any atom is -0.324 e. The van der Waals surface area contributed by atoms with E-state index in [1.54, 1.807) is 13.0 Å². The molecule has 0 aromatic heterocycles. The third-order valence-electron chi connectivity index (χ3n) is 2.31. The zero-order chi connectivity index (χ0) is 10.2. The zero-order valence-corrected chi connectivity index (χ0v) is 7.95. The standard InChI is InChI=1S/C11H12N2O/c1-11(12)7-6-8-4-2-3-5-9(8)13-10(11)14/h2-7H,12H2,1H3,(H,13,14). The smallest absolute Gasteiger partial charge is 0.248 e. The van der Waals surface area contributed by atoms with Crippen molar-refractivity contribution in [1.29, 1.82) is 0 Å². The predicted molar refractivity (Wildman–Crippen MR) is 56.7 cm³/mol. The SMILES string of the molecule is CC1(N)C=Cc2ccccc2NC1=O. The largest absolute Gasteiger partial charge is 0.324 e. The van der Waals surface area contributed by atoms with E-state index in [0.29, 0.717) is 0 Å². The van der Waals surface area contributed by atoms with Crippen LogP contribution in [0, 0.1) is 0 Å². The molecule has 1 aliphatic rings. The van der Waals surface area contributed by atoms with Crippen LogP contribution in [0.1, 0.15) is 12.5 Å². The van der Waals surface area contributed by atoms with Crippen molar-refractivity contribution >= 4 is 17.7 Å². The molecular weight excluding hydrogens is 176 g/mol. The molecule has 3 nitrogen and oxygen atoms in total. The van der Waals surface area contributed by atoms with Gasteiger partial charge >= 0.3 is 0 Å². The highest BCUT2D eigenvalue weighted by atomic mass is 16.2. The Kier molecular flexibility index (Phi) is 1.89. The Morgan fingerprint density at radius 2 is 2.07 bits per heavy atom. The highest BCUT2D eigenvalue weighted by Gasteiger charge is 2.27. The molecule has 1 aromatic carbocycles. The maximum atomic E-state index is 11.6. The van der Waals surface area contributed by atoms with Crippen LogP contribution in [-0.4, -0.2) is 11.4 Å². The van der Waals surface area contributed by atoms with E-state index in [-0.39, 0.29) is 5.91 Å². The van der Waals surface area contributed by atoms with Crippen LogP contribution in [0.25, 0.3) is 6.08 Å². The number of carbonyl (C=O) groups excluding carboxylic acids is 1. The fourth-order valence-electron chi connectivity index (χ4n) is 1.35. The summed E-state index contributed by atoms with van der Waals surface area (Å²) < 4.78 is 0. The topological polar surface area (TPSA) is 55.1 Å². The first-order valence-corrected chi connectivity index (χ1v) is 4.48. The average Bonchev–Trinajstić information content (AvgIpc) is 2.26. The molecule has 0 radical (unpaired) electrons. The van der Waals surface area contributed by atoms with Crippen LogP contribution in [0.5, 0.6) is 0 Å². The second-order valence-electron chi connectivity index (χ2n) is 3.66. The van der Waals surface area contributed by atoms with Gasteiger partial charge in [-0.3, -0.25) is 4.79 Å². The molecule has 1 aliphatic heterocycles. The summed E-state index contributed by atoms with van der Waals surface area (Å²) in [6, 6.07) is 7.60. The maximum Gasteiger partial charge on any atom is 0.248 e. The number of rotatable bonds is 0. The van der Waals surface area contributed by atoms with Gasteiger partial charge in [0, 0.05) is 5.69 Å². The van der Waals surface area contributed by atoms with Gasteiger partial charge in [0.1, 0.15) is 5.54 Å². The Morgan fingerprint density at radius 1 is 1.36 bits per heavy atom. The predicted octanol–water partition coefficient (Wildman–Crippen LogP) is 1.37. The number of amides is 1. The van der Waals surface area contributed by atoms with Gasteiger partial charge in [0.25, 0.3) is 0 Å². The van der Waals surface area contributed by atoms with Crippen molar-refractivity contribution in [3.05, 3.63) is 35.9 Å². The van der Waals surface area contributed by atoms with Crippen LogP contribution < -0.4 is 11.1 Å². The molecule has 14 heavy (non-hydrogen) atoms. The zero-order valence-electron chi connectivity index (χ0n) is 7.95. The lowest BCUT2D eigenvalue weighted by molar-refractivity contribution is -0.119. The fourth-order valence-corrected chi connectivity index (χ4v) is 1.35. The number of benzene rings is 1. The van der Waals surface area contributed by atoms with E-state index in [9.17, 15) is 4.79 Å². The van der Waals surface area contributed by atoms with Crippen molar-refractivity contribution < 1.29 is 4.79 Å². The molecule has 1 aromatic rings. The third kappa shape index (κ3) is 1.42. The molecule has 0 bridgehead atoms. The molecule has 3 heteroatoms. The van der Waals surface area contributed by atoms with Crippen molar-refractivity contribution in [2.24, 2.45) is 5.73 Å². The van der Waals surface area contributed by atoms with Crippen LogP contribution in [0.15, 0.2) is 30.3 Å². The number of carbonyl (C=O) groups is 1. The number of fused-ring (bicyclic) bond motifs is 1. The van der Waals surface area contributed by atoms with Gasteiger partial charge in [0.15, 0.2) is 0 Å². The first kappa shape index (κ1) is 8.97. The van der Waals surface area contributed by atoms with Crippen molar-refractivity contribution in [2.45, 2.75) is 12.5 Å². The molecule has 0 aliphatic carbocycles. The molecule has 2 rings (SSSR count). The summed E-state index contributed by atoms with van der Waals surface area (Å²) in [6.07, 6.45) is 3.58. The lowest BCUT2D eigenvalue weighted by Gasteiger charge is -2.17. The van der Waals surface area contributed by atoms with Crippen LogP contribution in [0.2, 0.25) is 0 Å². The first-order chi connectivity index (χ1) is 6.59. The van der Waals surface area contributed by atoms with Crippen LogP contribution >= 0.6 is 0 Å². The second-order valence-corrected chi connectivity index (χ2v) is 3.66. The molecule has 0 fully saturated rings. The normalized spacial score (nSPS) is 25.1. The highest BCUT2D eigenvalue weighted by molar-refractivity contribution is 6.02. The van der Waals surface area contributed by atoms with Gasteiger partial charge in [-0.1, -0.05) is 30.4 Å². The minimum absolute atomic E-state index is 0.182. The summed E-state index contributed by atoms with van der Waals surface area (Å²) in [7, 11) is 0. The Morgan fingerprint density at radius 3 is 2.86 bits per heavy atom. The van der Waals surface area contributed by atoms with Crippen molar-refractivity contribution in [2.75, 3.05) is 5.32 Å². The van der Waals surface area contributed by atoms with E-state index in [0.717, 1.165) is 11.3 Å². The lowest BCUT2D eigenvalue weighted by Crippen LogP contribution is -2.46. The van der Waals surface area contributed by atoms with Crippen LogP contribution in [0.3, 0.4) is 0 Å². The van der Waals surface area contributed by atoms with Crippen molar-refractivity contribution in [3.8, 4) is 0 Å². The molecule has 1 heterocycles. The second kappa shape index (κ2) is 2.96. The molecule has 0 saturated carbocycles. The Hall–Kier alpha value is -1.61. The Bertz CT molecular complexity index is 408. The Labute approximate surface area is 82.6 Å². The monoisotopic (exact) mass is 188 g/mol. The molecule has 72 valence electrons. The van der Waals surface area contributed by atoms with Gasteiger partial charge in [-0.25, -0.2) is 0 Å². The number of nitrogens with two attached hydrogens (primary N) is 1. The molecular formula is C11H12N2O. The van der Waals surface area contributed by atoms with Gasteiger partial charge in [-0.2, -0.15) is 0 Å². The van der Waals surface area contributed by atoms with E-state index >= 15 is 0 Å². The number of hydrogen-bond acceptors (Lipinski definition) is 2. The van der Waals surface area contributed by atoms with E-state index in [4.69, 9.17) is 5.73 Å². The van der Waals surface area contributed by atoms with Gasteiger partial charge < -0.3 is 11.1 Å². The summed E-state index contributed by atoms with van der Waals surface area (Å²) >= 11 is 0. The Balaban J connectivity index is 2.49. The summed E-state index contributed by atoms with van der Waals surface area (Å²) in [5.41, 5.74) is 6.66. The third-order valence-corrected chi connectivity index (χ3v) is 2.31. The van der Waals surface area contributed by atoms with Gasteiger partial charge in [-0.15, -0.1) is 0 Å². The summed E-state index contributed by atoms with van der Waals surface area (Å²) in [5.74, 6) is -0.182. The fraction of sp³-hybridized carbons (Fsp3) is 0.182. The van der Waals surface area contributed by atoms with Gasteiger partial charge in [0.2, 0.25) is 5.91 Å². The first-order valence-electron chi connectivity index (χ1n) is 4.48. The van der Waals surface area contributed by atoms with E-state index in [1.807, 2.05) is 30.3 Å². The quantitative estimate of drug-likeness (QED) is 0.646. The molecule has 0 saturated heterocycles. The number of nitrogens with one attached hydrogen (secondary N) is 1. The number of anilines is 1. The van der Waals surface area contributed by atoms with Gasteiger partial charge in [-0.05, 0) is 18.6 Å². The average molecular weight is 188 g/mol. The lowest BCUT2D eigenvalue weighted by atomic mass is 10.0. The summed E-state index contributed by atoms with van der Waals surface area (Å²) in [4.78, 5) is 11.6. The number of para-hydroxylation sites is 1. The molecule has 1 unspecified atom stereocenters. The molecule has 1 amide bonds. The van der Waals surface area contributed by atoms with Gasteiger partial charge in [0.05, 0.1) is 0 Å². The molecule has 3 N–H and O–H groups in total. The molecule has 1 atom stereocenters. The van der Waals surface area contributed by atoms with Crippen molar-refractivity contribution in [1.82, 2.24) is 0 Å². The van der Waals surface area contributed by atoms with Crippen LogP contribution in [0.4, 0.5) is 5.69 Å². The highest BCUT2D eigenvalue weighted by Crippen LogP contribution is 2.22. The van der Waals surface area contributed by atoms with E-state index in [1.165, 1.54) is 0 Å².